The lowest BCUT2D eigenvalue weighted by molar-refractivity contribution is 0.0706. The summed E-state index contributed by atoms with van der Waals surface area (Å²) in [7, 11) is 0. The van der Waals surface area contributed by atoms with E-state index in [0.29, 0.717) is 24.7 Å². The van der Waals surface area contributed by atoms with Crippen molar-refractivity contribution >= 4 is 17.2 Å². The zero-order chi connectivity index (χ0) is 16.4. The number of carbonyl (C=O) groups is 1. The van der Waals surface area contributed by atoms with Crippen molar-refractivity contribution in [3.05, 3.63) is 47.7 Å². The van der Waals surface area contributed by atoms with E-state index in [0.717, 1.165) is 28.6 Å². The highest BCUT2D eigenvalue weighted by atomic mass is 32.1. The highest BCUT2D eigenvalue weighted by Gasteiger charge is 2.27. The first-order valence-corrected chi connectivity index (χ1v) is 8.55. The van der Waals surface area contributed by atoms with Crippen molar-refractivity contribution in [2.75, 3.05) is 13.1 Å². The molecule has 1 saturated heterocycles. The number of aromatic nitrogens is 4. The van der Waals surface area contributed by atoms with Gasteiger partial charge in [0.05, 0.1) is 12.5 Å². The van der Waals surface area contributed by atoms with Gasteiger partial charge in [-0.1, -0.05) is 11.3 Å². The molecule has 0 radical (unpaired) electrons. The Kier molecular flexibility index (Phi) is 4.04. The SMILES string of the molecule is O=C(c1cnccn1)N1CCC(c2nnc(-c3ccco3)s2)CC1. The van der Waals surface area contributed by atoms with E-state index >= 15 is 0 Å². The van der Waals surface area contributed by atoms with Gasteiger partial charge in [-0.2, -0.15) is 0 Å². The molecule has 0 bridgehead atoms. The van der Waals surface area contributed by atoms with E-state index in [1.54, 1.807) is 23.8 Å². The minimum Gasteiger partial charge on any atom is -0.462 e. The van der Waals surface area contributed by atoms with Crippen LogP contribution in [0.2, 0.25) is 0 Å². The van der Waals surface area contributed by atoms with Gasteiger partial charge >= 0.3 is 0 Å². The van der Waals surface area contributed by atoms with E-state index in [9.17, 15) is 4.79 Å². The maximum atomic E-state index is 12.4. The molecule has 0 unspecified atom stereocenters. The monoisotopic (exact) mass is 341 g/mol. The van der Waals surface area contributed by atoms with Gasteiger partial charge < -0.3 is 9.32 Å². The van der Waals surface area contributed by atoms with Crippen LogP contribution in [0.3, 0.4) is 0 Å². The van der Waals surface area contributed by atoms with Gasteiger partial charge in [0.25, 0.3) is 5.91 Å². The fourth-order valence-corrected chi connectivity index (χ4v) is 3.78. The summed E-state index contributed by atoms with van der Waals surface area (Å²) < 4.78 is 5.36. The van der Waals surface area contributed by atoms with Crippen LogP contribution in [0.15, 0.2) is 41.4 Å². The summed E-state index contributed by atoms with van der Waals surface area (Å²) in [5, 5.41) is 10.3. The van der Waals surface area contributed by atoms with E-state index in [4.69, 9.17) is 4.42 Å². The van der Waals surface area contributed by atoms with Crippen molar-refractivity contribution in [3.63, 3.8) is 0 Å². The van der Waals surface area contributed by atoms with Crippen LogP contribution in [0.25, 0.3) is 10.8 Å². The van der Waals surface area contributed by atoms with E-state index in [1.165, 1.54) is 12.4 Å². The number of furan rings is 1. The Hall–Kier alpha value is -2.61. The smallest absolute Gasteiger partial charge is 0.274 e. The maximum absolute atomic E-state index is 12.4. The third kappa shape index (κ3) is 2.92. The first kappa shape index (κ1) is 14.9. The Bertz CT molecular complexity index is 810. The van der Waals surface area contributed by atoms with Gasteiger partial charge in [0, 0.05) is 31.4 Å². The van der Waals surface area contributed by atoms with Crippen LogP contribution in [0.1, 0.15) is 34.3 Å². The minimum absolute atomic E-state index is 0.0601. The van der Waals surface area contributed by atoms with E-state index in [2.05, 4.69) is 20.2 Å². The van der Waals surface area contributed by atoms with Crippen molar-refractivity contribution in [1.29, 1.82) is 0 Å². The normalized spacial score (nSPS) is 15.6. The number of carbonyl (C=O) groups excluding carboxylic acids is 1. The first-order chi connectivity index (χ1) is 11.8. The largest absolute Gasteiger partial charge is 0.462 e. The number of amides is 1. The predicted molar refractivity (Wildman–Crippen MR) is 87.5 cm³/mol. The summed E-state index contributed by atoms with van der Waals surface area (Å²) in [5.41, 5.74) is 0.395. The van der Waals surface area contributed by atoms with Crippen LogP contribution in [0.5, 0.6) is 0 Å². The molecule has 4 heterocycles. The molecule has 1 fully saturated rings. The van der Waals surface area contributed by atoms with Crippen LogP contribution in [0, 0.1) is 0 Å². The van der Waals surface area contributed by atoms with Crippen LogP contribution in [0.4, 0.5) is 0 Å². The molecule has 0 N–H and O–H groups in total. The van der Waals surface area contributed by atoms with E-state index in [1.807, 2.05) is 17.0 Å². The van der Waals surface area contributed by atoms with Gasteiger partial charge in [-0.25, -0.2) is 4.98 Å². The highest BCUT2D eigenvalue weighted by Crippen LogP contribution is 2.33. The standard InChI is InChI=1S/C16H15N5O2S/c22-16(12-10-17-5-6-18-12)21-7-3-11(4-8-21)14-19-20-15(24-14)13-2-1-9-23-13/h1-2,5-6,9-11H,3-4,7-8H2. The number of piperidine rings is 1. The Morgan fingerprint density at radius 2 is 2.12 bits per heavy atom. The molecule has 0 atom stereocenters. The summed E-state index contributed by atoms with van der Waals surface area (Å²) in [4.78, 5) is 22.2. The summed E-state index contributed by atoms with van der Waals surface area (Å²) in [6.45, 7) is 1.38. The minimum atomic E-state index is -0.0601. The van der Waals surface area contributed by atoms with Crippen LogP contribution in [-0.4, -0.2) is 44.1 Å². The lowest BCUT2D eigenvalue weighted by Gasteiger charge is -2.30. The Morgan fingerprint density at radius 3 is 2.83 bits per heavy atom. The van der Waals surface area contributed by atoms with Gasteiger partial charge in [-0.15, -0.1) is 10.2 Å². The third-order valence-corrected chi connectivity index (χ3v) is 5.19. The number of hydrogen-bond donors (Lipinski definition) is 0. The Morgan fingerprint density at radius 1 is 1.25 bits per heavy atom. The number of likely N-dealkylation sites (tertiary alicyclic amines) is 1. The van der Waals surface area contributed by atoms with Crippen molar-refractivity contribution in [2.45, 2.75) is 18.8 Å². The summed E-state index contributed by atoms with van der Waals surface area (Å²) in [6, 6.07) is 3.72. The molecule has 1 aliphatic heterocycles. The first-order valence-electron chi connectivity index (χ1n) is 7.74. The molecule has 1 aliphatic rings. The summed E-state index contributed by atoms with van der Waals surface area (Å²) in [5.74, 6) is 1.02. The predicted octanol–water partition coefficient (Wildman–Crippen LogP) is 2.61. The van der Waals surface area contributed by atoms with Crippen molar-refractivity contribution in [1.82, 2.24) is 25.1 Å². The molecule has 3 aromatic heterocycles. The Labute approximate surface area is 142 Å². The molecule has 4 rings (SSSR count). The molecule has 7 nitrogen and oxygen atoms in total. The summed E-state index contributed by atoms with van der Waals surface area (Å²) >= 11 is 1.56. The highest BCUT2D eigenvalue weighted by molar-refractivity contribution is 7.14. The molecule has 3 aromatic rings. The average molecular weight is 341 g/mol. The third-order valence-electron chi connectivity index (χ3n) is 4.09. The second kappa shape index (κ2) is 6.48. The molecule has 0 aromatic carbocycles. The van der Waals surface area contributed by atoms with Gasteiger partial charge in [-0.3, -0.25) is 9.78 Å². The quantitative estimate of drug-likeness (QED) is 0.728. The zero-order valence-corrected chi connectivity index (χ0v) is 13.6. The van der Waals surface area contributed by atoms with E-state index < -0.39 is 0 Å². The lowest BCUT2D eigenvalue weighted by Crippen LogP contribution is -2.38. The molecular weight excluding hydrogens is 326 g/mol. The van der Waals surface area contributed by atoms with Gasteiger partial charge in [-0.05, 0) is 25.0 Å². The lowest BCUT2D eigenvalue weighted by atomic mass is 9.97. The average Bonchev–Trinajstić information content (AvgIpc) is 3.33. The molecule has 8 heteroatoms. The Balaban J connectivity index is 1.40. The topological polar surface area (TPSA) is 85.0 Å². The molecule has 0 saturated carbocycles. The number of hydrogen-bond acceptors (Lipinski definition) is 7. The second-order valence-corrected chi connectivity index (χ2v) is 6.59. The van der Waals surface area contributed by atoms with Gasteiger partial charge in [0.1, 0.15) is 10.7 Å². The van der Waals surface area contributed by atoms with Crippen molar-refractivity contribution < 1.29 is 9.21 Å². The molecule has 122 valence electrons. The fraction of sp³-hybridized carbons (Fsp3) is 0.312. The zero-order valence-electron chi connectivity index (χ0n) is 12.8. The second-order valence-electron chi connectivity index (χ2n) is 5.58. The number of rotatable bonds is 3. The van der Waals surface area contributed by atoms with Crippen LogP contribution < -0.4 is 0 Å². The fourth-order valence-electron chi connectivity index (χ4n) is 2.80. The van der Waals surface area contributed by atoms with Crippen LogP contribution >= 0.6 is 11.3 Å². The van der Waals surface area contributed by atoms with Crippen molar-refractivity contribution in [3.8, 4) is 10.8 Å². The van der Waals surface area contributed by atoms with Gasteiger partial charge in [0.2, 0.25) is 0 Å². The summed E-state index contributed by atoms with van der Waals surface area (Å²) in [6.07, 6.45) is 7.99. The van der Waals surface area contributed by atoms with Crippen molar-refractivity contribution in [2.24, 2.45) is 0 Å². The van der Waals surface area contributed by atoms with Gasteiger partial charge in [0.15, 0.2) is 10.8 Å². The molecule has 24 heavy (non-hydrogen) atoms. The molecule has 0 aliphatic carbocycles. The van der Waals surface area contributed by atoms with Crippen LogP contribution in [-0.2, 0) is 0 Å². The molecular formula is C16H15N5O2S. The molecule has 1 amide bonds. The maximum Gasteiger partial charge on any atom is 0.274 e. The molecule has 0 spiro atoms. The van der Waals surface area contributed by atoms with E-state index in [-0.39, 0.29) is 5.91 Å². The number of nitrogens with zero attached hydrogens (tertiary/aromatic N) is 5.